The second kappa shape index (κ2) is 7.87. The molecule has 0 amide bonds. The van der Waals surface area contributed by atoms with Gasteiger partial charge in [-0.15, -0.1) is 0 Å². The van der Waals surface area contributed by atoms with Gasteiger partial charge in [0.05, 0.1) is 0 Å². The molecule has 0 spiro atoms. The second-order valence-electron chi connectivity index (χ2n) is 5.16. The number of benzene rings is 2. The predicted octanol–water partition coefficient (Wildman–Crippen LogP) is 5.35. The largest absolute Gasteiger partial charge is 0.312 e. The van der Waals surface area contributed by atoms with Gasteiger partial charge in [0, 0.05) is 20.8 Å². The van der Waals surface area contributed by atoms with E-state index in [2.05, 4.69) is 77.6 Å². The van der Waals surface area contributed by atoms with Crippen molar-refractivity contribution < 1.29 is 0 Å². The average molecular weight is 350 g/mol. The third-order valence-corrected chi connectivity index (χ3v) is 5.05. The summed E-state index contributed by atoms with van der Waals surface area (Å²) in [6, 6.07) is 17.0. The van der Waals surface area contributed by atoms with Crippen LogP contribution in [0.5, 0.6) is 0 Å². The topological polar surface area (TPSA) is 12.0 Å². The molecule has 2 rings (SSSR count). The average Bonchev–Trinajstić information content (AvgIpc) is 2.43. The highest BCUT2D eigenvalue weighted by molar-refractivity contribution is 9.10. The maximum absolute atomic E-state index is 3.61. The van der Waals surface area contributed by atoms with Crippen molar-refractivity contribution in [2.24, 2.45) is 5.92 Å². The van der Waals surface area contributed by atoms with Gasteiger partial charge in [-0.05, 0) is 52.2 Å². The van der Waals surface area contributed by atoms with Crippen LogP contribution in [-0.2, 0) is 6.54 Å². The lowest BCUT2D eigenvalue weighted by Gasteiger charge is -2.12. The molecule has 0 atom stereocenters. The maximum atomic E-state index is 3.61. The van der Waals surface area contributed by atoms with Crippen LogP contribution in [-0.4, -0.2) is 6.54 Å². The zero-order chi connectivity index (χ0) is 14.4. The van der Waals surface area contributed by atoms with Gasteiger partial charge in [-0.25, -0.2) is 0 Å². The molecule has 0 heterocycles. The van der Waals surface area contributed by atoms with E-state index in [1.54, 1.807) is 0 Å². The van der Waals surface area contributed by atoms with Gasteiger partial charge >= 0.3 is 0 Å². The Kier molecular flexibility index (Phi) is 6.14. The second-order valence-corrected chi connectivity index (χ2v) is 7.10. The van der Waals surface area contributed by atoms with Crippen molar-refractivity contribution in [3.8, 4) is 0 Å². The van der Waals surface area contributed by atoms with E-state index in [9.17, 15) is 0 Å². The Morgan fingerprint density at radius 1 is 1.00 bits per heavy atom. The Labute approximate surface area is 134 Å². The monoisotopic (exact) mass is 349 g/mol. The summed E-state index contributed by atoms with van der Waals surface area (Å²) in [5.41, 5.74) is 1.36. The number of rotatable bonds is 6. The number of nitrogens with one attached hydrogen (secondary N) is 1. The van der Waals surface area contributed by atoms with Crippen molar-refractivity contribution in [2.75, 3.05) is 6.54 Å². The van der Waals surface area contributed by atoms with Crippen molar-refractivity contribution in [3.63, 3.8) is 0 Å². The van der Waals surface area contributed by atoms with Crippen molar-refractivity contribution in [3.05, 3.63) is 58.6 Å². The summed E-state index contributed by atoms with van der Waals surface area (Å²) in [5, 5.41) is 3.52. The van der Waals surface area contributed by atoms with Crippen LogP contribution >= 0.6 is 27.7 Å². The van der Waals surface area contributed by atoms with E-state index in [0.29, 0.717) is 5.92 Å². The van der Waals surface area contributed by atoms with Crippen LogP contribution in [0.1, 0.15) is 19.4 Å². The molecule has 0 aromatic heterocycles. The first-order chi connectivity index (χ1) is 9.66. The van der Waals surface area contributed by atoms with Gasteiger partial charge < -0.3 is 5.32 Å². The molecule has 0 aliphatic carbocycles. The minimum atomic E-state index is 0.679. The Balaban J connectivity index is 2.10. The third kappa shape index (κ3) is 4.65. The standard InChI is InChI=1S/C17H20BrNS/c1-13(2)11-19-12-14-7-3-5-9-16(14)20-17-10-6-4-8-15(17)18/h3-10,13,19H,11-12H2,1-2H3. The van der Waals surface area contributed by atoms with Crippen LogP contribution in [0.4, 0.5) is 0 Å². The molecule has 20 heavy (non-hydrogen) atoms. The lowest BCUT2D eigenvalue weighted by Crippen LogP contribution is -2.19. The van der Waals surface area contributed by atoms with Crippen LogP contribution in [0, 0.1) is 5.92 Å². The third-order valence-electron chi connectivity index (χ3n) is 2.90. The van der Waals surface area contributed by atoms with Crippen LogP contribution in [0.3, 0.4) is 0 Å². The zero-order valence-electron chi connectivity index (χ0n) is 11.9. The molecule has 106 valence electrons. The van der Waals surface area contributed by atoms with E-state index in [1.165, 1.54) is 15.4 Å². The summed E-state index contributed by atoms with van der Waals surface area (Å²) < 4.78 is 1.15. The van der Waals surface area contributed by atoms with E-state index in [4.69, 9.17) is 0 Å². The summed E-state index contributed by atoms with van der Waals surface area (Å²) in [4.78, 5) is 2.57. The zero-order valence-corrected chi connectivity index (χ0v) is 14.3. The Bertz CT molecular complexity index is 554. The van der Waals surface area contributed by atoms with Crippen LogP contribution < -0.4 is 5.32 Å². The Morgan fingerprint density at radius 3 is 2.35 bits per heavy atom. The normalized spacial score (nSPS) is 11.0. The lowest BCUT2D eigenvalue weighted by molar-refractivity contribution is 0.550. The molecular formula is C17H20BrNS. The molecule has 0 aliphatic heterocycles. The minimum absolute atomic E-state index is 0.679. The molecule has 3 heteroatoms. The van der Waals surface area contributed by atoms with E-state index >= 15 is 0 Å². The van der Waals surface area contributed by atoms with Crippen molar-refractivity contribution >= 4 is 27.7 Å². The molecule has 2 aromatic carbocycles. The molecule has 0 radical (unpaired) electrons. The van der Waals surface area contributed by atoms with Crippen molar-refractivity contribution in [2.45, 2.75) is 30.2 Å². The number of hydrogen-bond donors (Lipinski definition) is 1. The summed E-state index contributed by atoms with van der Waals surface area (Å²) in [5.74, 6) is 0.679. The van der Waals surface area contributed by atoms with Gasteiger partial charge in [0.2, 0.25) is 0 Å². The molecule has 0 fully saturated rings. The van der Waals surface area contributed by atoms with E-state index in [-0.39, 0.29) is 0 Å². The fraction of sp³-hybridized carbons (Fsp3) is 0.294. The highest BCUT2D eigenvalue weighted by atomic mass is 79.9. The Morgan fingerprint density at radius 2 is 1.65 bits per heavy atom. The highest BCUT2D eigenvalue weighted by Gasteiger charge is 2.06. The molecule has 0 unspecified atom stereocenters. The van der Waals surface area contributed by atoms with Crippen LogP contribution in [0.15, 0.2) is 62.8 Å². The molecule has 0 saturated heterocycles. The molecule has 1 nitrogen and oxygen atoms in total. The first-order valence-corrected chi connectivity index (χ1v) is 8.49. The van der Waals surface area contributed by atoms with E-state index < -0.39 is 0 Å². The first-order valence-electron chi connectivity index (χ1n) is 6.88. The van der Waals surface area contributed by atoms with Gasteiger partial charge in [-0.3, -0.25) is 0 Å². The molecule has 2 aromatic rings. The minimum Gasteiger partial charge on any atom is -0.312 e. The van der Waals surface area contributed by atoms with Gasteiger partial charge in [-0.2, -0.15) is 0 Å². The molecule has 1 N–H and O–H groups in total. The molecule has 0 bridgehead atoms. The highest BCUT2D eigenvalue weighted by Crippen LogP contribution is 2.35. The Hall–Kier alpha value is -0.770. The van der Waals surface area contributed by atoms with E-state index in [0.717, 1.165) is 17.6 Å². The lowest BCUT2D eigenvalue weighted by atomic mass is 10.2. The van der Waals surface area contributed by atoms with Crippen molar-refractivity contribution in [1.29, 1.82) is 0 Å². The van der Waals surface area contributed by atoms with Crippen molar-refractivity contribution in [1.82, 2.24) is 5.32 Å². The molecular weight excluding hydrogens is 330 g/mol. The van der Waals surface area contributed by atoms with Crippen LogP contribution in [0.2, 0.25) is 0 Å². The van der Waals surface area contributed by atoms with Gasteiger partial charge in [0.25, 0.3) is 0 Å². The molecule has 0 aliphatic rings. The quantitative estimate of drug-likeness (QED) is 0.754. The summed E-state index contributed by atoms with van der Waals surface area (Å²) in [6.45, 7) is 6.43. The van der Waals surface area contributed by atoms with Crippen LogP contribution in [0.25, 0.3) is 0 Å². The van der Waals surface area contributed by atoms with Gasteiger partial charge in [0.15, 0.2) is 0 Å². The SMILES string of the molecule is CC(C)CNCc1ccccc1Sc1ccccc1Br. The van der Waals surface area contributed by atoms with Gasteiger partial charge in [0.1, 0.15) is 0 Å². The summed E-state index contributed by atoms with van der Waals surface area (Å²) in [6.07, 6.45) is 0. The molecule has 0 saturated carbocycles. The maximum Gasteiger partial charge on any atom is 0.0314 e. The first kappa shape index (κ1) is 15.6. The summed E-state index contributed by atoms with van der Waals surface area (Å²) in [7, 11) is 0. The summed E-state index contributed by atoms with van der Waals surface area (Å²) >= 11 is 5.43. The smallest absolute Gasteiger partial charge is 0.0314 e. The number of hydrogen-bond acceptors (Lipinski definition) is 2. The fourth-order valence-corrected chi connectivity index (χ4v) is 3.39. The number of halogens is 1. The predicted molar refractivity (Wildman–Crippen MR) is 91.3 cm³/mol. The fourth-order valence-electron chi connectivity index (χ4n) is 1.89. The van der Waals surface area contributed by atoms with E-state index in [1.807, 2.05) is 17.8 Å². The van der Waals surface area contributed by atoms with Gasteiger partial charge in [-0.1, -0.05) is 55.9 Å².